The van der Waals surface area contributed by atoms with Crippen LogP contribution in [0.3, 0.4) is 0 Å². The van der Waals surface area contributed by atoms with Crippen LogP contribution in [0.2, 0.25) is 0 Å². The van der Waals surface area contributed by atoms with Gasteiger partial charge in [0.25, 0.3) is 0 Å². The van der Waals surface area contributed by atoms with Crippen molar-refractivity contribution < 1.29 is 37.8 Å². The third kappa shape index (κ3) is 9.67. The molecule has 8 nitrogen and oxygen atoms in total. The predicted molar refractivity (Wildman–Crippen MR) is 163 cm³/mol. The normalized spacial score (nSPS) is 33.2. The number of quaternary nitrogens is 1. The predicted octanol–water partition coefficient (Wildman–Crippen LogP) is 5.49. The average molecular weight is 620 g/mol. The average Bonchev–Trinajstić information content (AvgIpc) is 3.17. The standard InChI is InChI=1S/C34H53NO7S/c1-2-25-23-30(37)33(24-17-19-26(20-18-24)43(38,39)40)29(36)21-22-41-31-15-11-7-3-5-9-13-27(31)34(35)28-14-10-6-4-8-12-16-32(28)42-25/h17-20,25,27-28,31-34H,2-16,21-23,35H2,1H3,(H,38,39,40). The van der Waals surface area contributed by atoms with E-state index >= 15 is 0 Å². The van der Waals surface area contributed by atoms with Crippen LogP contribution in [0.25, 0.3) is 0 Å². The molecule has 7 unspecified atom stereocenters. The van der Waals surface area contributed by atoms with Gasteiger partial charge in [0.05, 0.1) is 35.9 Å². The first-order valence-electron chi connectivity index (χ1n) is 16.9. The van der Waals surface area contributed by atoms with Crippen LogP contribution in [0.1, 0.15) is 128 Å². The minimum absolute atomic E-state index is 0.00487. The Morgan fingerprint density at radius 1 is 0.791 bits per heavy atom. The molecule has 2 aliphatic carbocycles. The fraction of sp³-hybridized carbons (Fsp3) is 0.765. The summed E-state index contributed by atoms with van der Waals surface area (Å²) < 4.78 is 48.0. The van der Waals surface area contributed by atoms with Gasteiger partial charge in [-0.2, -0.15) is 0 Å². The van der Waals surface area contributed by atoms with Gasteiger partial charge >= 0.3 is 0 Å². The SMILES string of the molecule is CCC1CC(=O)C(c2ccc(S(=O)(=O)[O-])cc2)C(=O)CCOC2CCCCCCCC2C([NH3+])C2CCCCCCCC2O1. The van der Waals surface area contributed by atoms with E-state index in [1.165, 1.54) is 62.8 Å². The van der Waals surface area contributed by atoms with E-state index in [2.05, 4.69) is 0 Å². The summed E-state index contributed by atoms with van der Waals surface area (Å²) in [6, 6.07) is 5.40. The molecule has 1 aliphatic heterocycles. The number of Topliss-reactive ketones (excluding diaryl/α,β-unsaturated/α-hetero) is 2. The highest BCUT2D eigenvalue weighted by Gasteiger charge is 2.41. The van der Waals surface area contributed by atoms with Crippen LogP contribution in [0, 0.1) is 11.8 Å². The van der Waals surface area contributed by atoms with Crippen LogP contribution in [-0.4, -0.2) is 55.5 Å². The number of hydrogen-bond donors (Lipinski definition) is 1. The van der Waals surface area contributed by atoms with Crippen LogP contribution in [0.15, 0.2) is 29.2 Å². The van der Waals surface area contributed by atoms with Crippen molar-refractivity contribution in [1.82, 2.24) is 0 Å². The molecule has 9 heteroatoms. The molecule has 7 atom stereocenters. The van der Waals surface area contributed by atoms with Crippen molar-refractivity contribution in [3.63, 3.8) is 0 Å². The van der Waals surface area contributed by atoms with Crippen molar-refractivity contribution in [2.24, 2.45) is 11.8 Å². The number of carbonyl (C=O) groups is 2. The van der Waals surface area contributed by atoms with E-state index in [4.69, 9.17) is 15.2 Å². The van der Waals surface area contributed by atoms with Gasteiger partial charge in [-0.3, -0.25) is 9.59 Å². The molecule has 1 aromatic rings. The molecule has 0 radical (unpaired) electrons. The number of rotatable bonds is 3. The highest BCUT2D eigenvalue weighted by molar-refractivity contribution is 7.85. The second-order valence-corrected chi connectivity index (χ2v) is 14.5. The minimum Gasteiger partial charge on any atom is -0.744 e. The van der Waals surface area contributed by atoms with E-state index in [0.29, 0.717) is 23.8 Å². The molecule has 3 N–H and O–H groups in total. The van der Waals surface area contributed by atoms with Crippen molar-refractivity contribution in [1.29, 1.82) is 0 Å². The molecule has 0 bridgehead atoms. The second kappa shape index (κ2) is 16.6. The molecule has 2 saturated carbocycles. The lowest BCUT2D eigenvalue weighted by molar-refractivity contribution is -0.457. The van der Waals surface area contributed by atoms with Crippen LogP contribution >= 0.6 is 0 Å². The van der Waals surface area contributed by atoms with Gasteiger partial charge in [-0.15, -0.1) is 0 Å². The Kier molecular flexibility index (Phi) is 13.2. The lowest BCUT2D eigenvalue weighted by Gasteiger charge is -2.38. The maximum atomic E-state index is 13.9. The largest absolute Gasteiger partial charge is 0.744 e. The summed E-state index contributed by atoms with van der Waals surface area (Å²) in [5.41, 5.74) is 5.25. The fourth-order valence-corrected chi connectivity index (χ4v) is 8.17. The Morgan fingerprint density at radius 3 is 1.91 bits per heavy atom. The number of benzene rings is 1. The lowest BCUT2D eigenvalue weighted by atomic mass is 9.76. The summed E-state index contributed by atoms with van der Waals surface area (Å²) in [4.78, 5) is 27.2. The number of carbonyl (C=O) groups excluding carboxylic acids is 2. The molecule has 43 heavy (non-hydrogen) atoms. The van der Waals surface area contributed by atoms with E-state index in [1.54, 1.807) is 0 Å². The fourth-order valence-electron chi connectivity index (χ4n) is 7.70. The zero-order valence-corrected chi connectivity index (χ0v) is 26.9. The van der Waals surface area contributed by atoms with Gasteiger partial charge in [0.2, 0.25) is 0 Å². The van der Waals surface area contributed by atoms with E-state index in [-0.39, 0.29) is 60.3 Å². The van der Waals surface area contributed by atoms with Gasteiger partial charge in [0, 0.05) is 24.7 Å². The third-order valence-corrected chi connectivity index (χ3v) is 11.0. The highest BCUT2D eigenvalue weighted by atomic mass is 32.2. The van der Waals surface area contributed by atoms with Gasteiger partial charge in [-0.25, -0.2) is 8.42 Å². The maximum Gasteiger partial charge on any atom is 0.150 e. The van der Waals surface area contributed by atoms with E-state index < -0.39 is 16.0 Å². The number of ether oxygens (including phenoxy) is 2. The first-order chi connectivity index (χ1) is 20.7. The maximum absolute atomic E-state index is 13.9. The van der Waals surface area contributed by atoms with Crippen molar-refractivity contribution >= 4 is 21.7 Å². The molecule has 242 valence electrons. The van der Waals surface area contributed by atoms with Crippen LogP contribution in [0.5, 0.6) is 0 Å². The summed E-state index contributed by atoms with van der Waals surface area (Å²) in [7, 11) is -4.64. The molecule has 0 spiro atoms. The zero-order valence-electron chi connectivity index (χ0n) is 26.1. The Bertz CT molecular complexity index is 1140. The Hall–Kier alpha value is -1.65. The molecule has 0 amide bonds. The summed E-state index contributed by atoms with van der Waals surface area (Å²) in [6.07, 6.45) is 16.4. The van der Waals surface area contributed by atoms with Gasteiger partial charge in [0.1, 0.15) is 27.6 Å². The van der Waals surface area contributed by atoms with Crippen molar-refractivity contribution in [3.8, 4) is 0 Å². The summed E-state index contributed by atoms with van der Waals surface area (Å²) in [5, 5.41) is 0. The third-order valence-electron chi connectivity index (χ3n) is 10.2. The van der Waals surface area contributed by atoms with Crippen LogP contribution < -0.4 is 5.73 Å². The number of hydrogen-bond acceptors (Lipinski definition) is 7. The van der Waals surface area contributed by atoms with Crippen molar-refractivity contribution in [3.05, 3.63) is 29.8 Å². The van der Waals surface area contributed by atoms with Gasteiger partial charge in [-0.1, -0.05) is 83.3 Å². The minimum atomic E-state index is -4.64. The molecule has 1 saturated heterocycles. The molecular weight excluding hydrogens is 566 g/mol. The molecule has 1 aromatic carbocycles. The molecule has 3 aliphatic rings. The van der Waals surface area contributed by atoms with Gasteiger partial charge < -0.3 is 19.8 Å². The second-order valence-electron chi connectivity index (χ2n) is 13.1. The summed E-state index contributed by atoms with van der Waals surface area (Å²) in [5.74, 6) is -0.951. The highest BCUT2D eigenvalue weighted by Crippen LogP contribution is 2.36. The van der Waals surface area contributed by atoms with Gasteiger partial charge in [0.15, 0.2) is 0 Å². The molecule has 3 fully saturated rings. The molecule has 1 heterocycles. The van der Waals surface area contributed by atoms with Crippen LogP contribution in [0.4, 0.5) is 0 Å². The quantitative estimate of drug-likeness (QED) is 0.349. The Morgan fingerprint density at radius 2 is 1.33 bits per heavy atom. The Balaban J connectivity index is 1.69. The molecule has 4 rings (SSSR count). The van der Waals surface area contributed by atoms with Crippen molar-refractivity contribution in [2.45, 2.75) is 151 Å². The van der Waals surface area contributed by atoms with Crippen molar-refractivity contribution in [2.75, 3.05) is 6.61 Å². The first kappa shape index (κ1) is 34.2. The Labute approximate surface area is 258 Å². The summed E-state index contributed by atoms with van der Waals surface area (Å²) in [6.45, 7) is 2.27. The van der Waals surface area contributed by atoms with E-state index in [1.807, 2.05) is 6.92 Å². The topological polar surface area (TPSA) is 137 Å². The zero-order chi connectivity index (χ0) is 30.8. The van der Waals surface area contributed by atoms with E-state index in [9.17, 15) is 22.6 Å². The van der Waals surface area contributed by atoms with E-state index in [0.717, 1.165) is 51.4 Å². The number of ketones is 2. The lowest BCUT2D eigenvalue weighted by Crippen LogP contribution is -2.71. The smallest absolute Gasteiger partial charge is 0.150 e. The summed E-state index contributed by atoms with van der Waals surface area (Å²) >= 11 is 0. The monoisotopic (exact) mass is 619 g/mol. The first-order valence-corrected chi connectivity index (χ1v) is 18.3. The van der Waals surface area contributed by atoms with Crippen LogP contribution in [-0.2, 0) is 29.2 Å². The molecule has 0 aromatic heterocycles. The number of fused-ring (bicyclic) bond motifs is 2. The van der Waals surface area contributed by atoms with Gasteiger partial charge in [-0.05, 0) is 49.8 Å². The molecular formula is C34H53NO7S.